The fraction of sp³-hybridized carbons (Fsp3) is 0.211. The van der Waals surface area contributed by atoms with Gasteiger partial charge in [0, 0.05) is 22.8 Å². The summed E-state index contributed by atoms with van der Waals surface area (Å²) in [7, 11) is 0. The van der Waals surface area contributed by atoms with E-state index in [0.717, 1.165) is 35.5 Å². The van der Waals surface area contributed by atoms with Gasteiger partial charge in [0.2, 0.25) is 6.79 Å². The molecule has 23 heavy (non-hydrogen) atoms. The summed E-state index contributed by atoms with van der Waals surface area (Å²) in [5.41, 5.74) is 5.83. The van der Waals surface area contributed by atoms with Gasteiger partial charge in [0.1, 0.15) is 0 Å². The Balaban J connectivity index is 1.65. The summed E-state index contributed by atoms with van der Waals surface area (Å²) in [6, 6.07) is 14.3. The number of aromatic nitrogens is 1. The van der Waals surface area contributed by atoms with E-state index in [4.69, 9.17) is 14.5 Å². The zero-order valence-electron chi connectivity index (χ0n) is 12.6. The number of para-hydroxylation sites is 1. The molecule has 4 nitrogen and oxygen atoms in total. The van der Waals surface area contributed by atoms with Gasteiger partial charge in [0.05, 0.1) is 11.2 Å². The zero-order valence-corrected chi connectivity index (χ0v) is 12.6. The number of anilines is 2. The second-order valence-corrected chi connectivity index (χ2v) is 5.98. The van der Waals surface area contributed by atoms with Crippen molar-refractivity contribution in [2.75, 3.05) is 12.1 Å². The van der Waals surface area contributed by atoms with Crippen molar-refractivity contribution < 1.29 is 9.47 Å². The van der Waals surface area contributed by atoms with Crippen LogP contribution in [0.1, 0.15) is 17.7 Å². The van der Waals surface area contributed by atoms with E-state index < -0.39 is 0 Å². The molecule has 0 fully saturated rings. The standard InChI is InChI=1S/C19H16N2O2/c1-2-6-15-13(4-1)19(14-5-3-7-16(14)21-15)20-12-8-9-17-18(10-12)23-11-22-17/h1-2,4,6,8-10H,3,5,7,11H2,(H,20,21). The molecular formula is C19H16N2O2. The van der Waals surface area contributed by atoms with E-state index in [-0.39, 0.29) is 0 Å². The van der Waals surface area contributed by atoms with Crippen LogP contribution in [0.5, 0.6) is 11.5 Å². The van der Waals surface area contributed by atoms with Crippen molar-refractivity contribution in [3.63, 3.8) is 0 Å². The third-order valence-electron chi connectivity index (χ3n) is 4.56. The van der Waals surface area contributed by atoms with E-state index in [9.17, 15) is 0 Å². The van der Waals surface area contributed by atoms with Crippen LogP contribution in [-0.4, -0.2) is 11.8 Å². The van der Waals surface area contributed by atoms with Crippen molar-refractivity contribution in [1.29, 1.82) is 0 Å². The van der Waals surface area contributed by atoms with E-state index >= 15 is 0 Å². The van der Waals surface area contributed by atoms with Crippen LogP contribution < -0.4 is 14.8 Å². The molecule has 2 heterocycles. The van der Waals surface area contributed by atoms with E-state index in [0.29, 0.717) is 6.79 Å². The minimum Gasteiger partial charge on any atom is -0.454 e. The monoisotopic (exact) mass is 304 g/mol. The summed E-state index contributed by atoms with van der Waals surface area (Å²) >= 11 is 0. The summed E-state index contributed by atoms with van der Waals surface area (Å²) in [5, 5.41) is 4.77. The normalized spacial score (nSPS) is 15.0. The first-order valence-corrected chi connectivity index (χ1v) is 7.96. The average molecular weight is 304 g/mol. The molecule has 0 saturated carbocycles. The first kappa shape index (κ1) is 12.8. The Morgan fingerprint density at radius 2 is 1.87 bits per heavy atom. The molecule has 114 valence electrons. The predicted molar refractivity (Wildman–Crippen MR) is 89.6 cm³/mol. The summed E-state index contributed by atoms with van der Waals surface area (Å²) < 4.78 is 10.9. The topological polar surface area (TPSA) is 43.4 Å². The largest absolute Gasteiger partial charge is 0.454 e. The first-order chi connectivity index (χ1) is 11.4. The molecule has 1 aliphatic heterocycles. The quantitative estimate of drug-likeness (QED) is 0.770. The number of ether oxygens (including phenoxy) is 2. The number of hydrogen-bond acceptors (Lipinski definition) is 4. The van der Waals surface area contributed by atoms with Crippen molar-refractivity contribution in [2.24, 2.45) is 0 Å². The highest BCUT2D eigenvalue weighted by Gasteiger charge is 2.20. The Bertz CT molecular complexity index is 921. The van der Waals surface area contributed by atoms with Gasteiger partial charge in [-0.15, -0.1) is 0 Å². The number of fused-ring (bicyclic) bond motifs is 3. The van der Waals surface area contributed by atoms with Gasteiger partial charge < -0.3 is 14.8 Å². The van der Waals surface area contributed by atoms with Crippen LogP contribution in [0.3, 0.4) is 0 Å². The molecule has 1 aliphatic carbocycles. The van der Waals surface area contributed by atoms with E-state index in [2.05, 4.69) is 23.5 Å². The van der Waals surface area contributed by atoms with Gasteiger partial charge in [-0.25, -0.2) is 0 Å². The highest BCUT2D eigenvalue weighted by atomic mass is 16.7. The fourth-order valence-electron chi connectivity index (χ4n) is 3.47. The van der Waals surface area contributed by atoms with Crippen molar-refractivity contribution in [1.82, 2.24) is 4.98 Å². The van der Waals surface area contributed by atoms with Crippen LogP contribution in [-0.2, 0) is 12.8 Å². The van der Waals surface area contributed by atoms with Gasteiger partial charge in [-0.05, 0) is 43.0 Å². The molecule has 5 rings (SSSR count). The van der Waals surface area contributed by atoms with Crippen LogP contribution in [0.2, 0.25) is 0 Å². The highest BCUT2D eigenvalue weighted by molar-refractivity contribution is 5.95. The molecule has 1 aromatic heterocycles. The van der Waals surface area contributed by atoms with Crippen LogP contribution in [0.4, 0.5) is 11.4 Å². The Morgan fingerprint density at radius 1 is 0.957 bits per heavy atom. The molecule has 0 bridgehead atoms. The minimum atomic E-state index is 0.298. The molecular weight excluding hydrogens is 288 g/mol. The minimum absolute atomic E-state index is 0.298. The summed E-state index contributed by atoms with van der Waals surface area (Å²) in [4.78, 5) is 4.83. The van der Waals surface area contributed by atoms with Crippen LogP contribution in [0.15, 0.2) is 42.5 Å². The van der Waals surface area contributed by atoms with Crippen LogP contribution in [0.25, 0.3) is 10.9 Å². The lowest BCUT2D eigenvalue weighted by atomic mass is 10.1. The van der Waals surface area contributed by atoms with E-state index in [1.807, 2.05) is 24.3 Å². The molecule has 0 spiro atoms. The average Bonchev–Trinajstić information content (AvgIpc) is 3.22. The van der Waals surface area contributed by atoms with E-state index in [1.165, 1.54) is 28.8 Å². The van der Waals surface area contributed by atoms with Gasteiger partial charge in [-0.1, -0.05) is 18.2 Å². The molecule has 2 aliphatic rings. The highest BCUT2D eigenvalue weighted by Crippen LogP contribution is 2.39. The van der Waals surface area contributed by atoms with Crippen LogP contribution in [0, 0.1) is 0 Å². The Hall–Kier alpha value is -2.75. The second kappa shape index (κ2) is 4.88. The van der Waals surface area contributed by atoms with Crippen molar-refractivity contribution in [3.8, 4) is 11.5 Å². The molecule has 3 aromatic rings. The maximum atomic E-state index is 5.48. The van der Waals surface area contributed by atoms with E-state index in [1.54, 1.807) is 0 Å². The Labute approximate surface area is 134 Å². The Morgan fingerprint density at radius 3 is 2.87 bits per heavy atom. The van der Waals surface area contributed by atoms with Crippen molar-refractivity contribution in [3.05, 3.63) is 53.7 Å². The summed E-state index contributed by atoms with van der Waals surface area (Å²) in [6.45, 7) is 0.298. The lowest BCUT2D eigenvalue weighted by Gasteiger charge is -2.15. The van der Waals surface area contributed by atoms with Crippen molar-refractivity contribution >= 4 is 22.3 Å². The summed E-state index contributed by atoms with van der Waals surface area (Å²) in [6.07, 6.45) is 3.32. The van der Waals surface area contributed by atoms with Gasteiger partial charge in [-0.3, -0.25) is 4.98 Å². The van der Waals surface area contributed by atoms with Gasteiger partial charge in [0.15, 0.2) is 11.5 Å². The second-order valence-electron chi connectivity index (χ2n) is 5.98. The number of pyridine rings is 1. The number of aryl methyl sites for hydroxylation is 1. The van der Waals surface area contributed by atoms with Crippen LogP contribution >= 0.6 is 0 Å². The van der Waals surface area contributed by atoms with Gasteiger partial charge >= 0.3 is 0 Å². The first-order valence-electron chi connectivity index (χ1n) is 7.96. The molecule has 0 amide bonds. The summed E-state index contributed by atoms with van der Waals surface area (Å²) in [5.74, 6) is 1.60. The molecule has 2 aromatic carbocycles. The maximum absolute atomic E-state index is 5.48. The fourth-order valence-corrected chi connectivity index (χ4v) is 3.47. The third kappa shape index (κ3) is 2.02. The lowest BCUT2D eigenvalue weighted by Crippen LogP contribution is -2.00. The third-order valence-corrected chi connectivity index (χ3v) is 4.56. The number of nitrogens with one attached hydrogen (secondary N) is 1. The van der Waals surface area contributed by atoms with Crippen molar-refractivity contribution in [2.45, 2.75) is 19.3 Å². The molecule has 4 heteroatoms. The SMILES string of the molecule is c1ccc2c(Nc3ccc4c(c3)OCO4)c3c(nc2c1)CCC3. The number of nitrogens with zero attached hydrogens (tertiary/aromatic N) is 1. The predicted octanol–water partition coefficient (Wildman–Crippen LogP) is 4.20. The Kier molecular flexibility index (Phi) is 2.71. The molecule has 0 unspecified atom stereocenters. The molecule has 0 atom stereocenters. The zero-order chi connectivity index (χ0) is 15.2. The van der Waals surface area contributed by atoms with Gasteiger partial charge in [0.25, 0.3) is 0 Å². The molecule has 0 radical (unpaired) electrons. The lowest BCUT2D eigenvalue weighted by molar-refractivity contribution is 0.174. The van der Waals surface area contributed by atoms with Gasteiger partial charge in [-0.2, -0.15) is 0 Å². The molecule has 0 saturated heterocycles. The number of benzene rings is 2. The number of rotatable bonds is 2. The number of hydrogen-bond donors (Lipinski definition) is 1. The smallest absolute Gasteiger partial charge is 0.231 e. The maximum Gasteiger partial charge on any atom is 0.231 e. The molecule has 1 N–H and O–H groups in total.